The number of hydrogen-bond donors (Lipinski definition) is 3. The molecule has 0 aliphatic rings. The number of carbonyl (C=O) groups excluding carboxylic acids is 2. The number of nitrogens with zero attached hydrogens (tertiary/aromatic N) is 3. The van der Waals surface area contributed by atoms with Gasteiger partial charge in [0.05, 0.1) is 53.4 Å². The zero-order valence-corrected chi connectivity index (χ0v) is 24.3. The van der Waals surface area contributed by atoms with E-state index in [1.54, 1.807) is 36.6 Å². The lowest BCUT2D eigenvalue weighted by Crippen LogP contribution is -2.29. The fraction of sp³-hybridized carbons (Fsp3) is 0.233. The number of para-hydroxylation sites is 1. The molecule has 3 heterocycles. The van der Waals surface area contributed by atoms with Gasteiger partial charge >= 0.3 is 0 Å². The topological polar surface area (TPSA) is 122 Å². The number of benzene rings is 2. The summed E-state index contributed by atoms with van der Waals surface area (Å²) in [7, 11) is 1.59. The fourth-order valence-electron chi connectivity index (χ4n) is 4.54. The minimum atomic E-state index is -0.372. The lowest BCUT2D eigenvalue weighted by Gasteiger charge is -2.17. The van der Waals surface area contributed by atoms with Crippen LogP contribution in [0, 0.1) is 0 Å². The number of unbranched alkanes of at least 4 members (excludes halogenated alkanes) is 1. The predicted octanol–water partition coefficient (Wildman–Crippen LogP) is 5.88. The van der Waals surface area contributed by atoms with Crippen LogP contribution < -0.4 is 15.4 Å². The van der Waals surface area contributed by atoms with Crippen molar-refractivity contribution in [1.82, 2.24) is 30.0 Å². The second-order valence-electron chi connectivity index (χ2n) is 9.31. The quantitative estimate of drug-likeness (QED) is 0.123. The summed E-state index contributed by atoms with van der Waals surface area (Å²) in [5.74, 6) is 0.819. The number of hydrogen-bond acceptors (Lipinski definition) is 8. The molecule has 0 bridgehead atoms. The zero-order chi connectivity index (χ0) is 28.6. The Kier molecular flexibility index (Phi) is 9.27. The van der Waals surface area contributed by atoms with Crippen molar-refractivity contribution in [3.63, 3.8) is 0 Å². The Morgan fingerprint density at radius 2 is 1.90 bits per heavy atom. The van der Waals surface area contributed by atoms with Crippen molar-refractivity contribution >= 4 is 46.0 Å². The maximum Gasteiger partial charge on any atom is 0.254 e. The van der Waals surface area contributed by atoms with Gasteiger partial charge in [0, 0.05) is 22.2 Å². The van der Waals surface area contributed by atoms with E-state index in [0.29, 0.717) is 35.8 Å². The SMILES string of the molecule is COc1nc2ccccc2cc1-c1cnc([C@H](CCCCNC(=O)c2ccccc2SC)NC(=O)c2cnsc2)[nH]1. The average molecular weight is 587 g/mol. The first-order valence-corrected chi connectivity index (χ1v) is 15.2. The summed E-state index contributed by atoms with van der Waals surface area (Å²) in [6.07, 6.45) is 7.38. The molecule has 0 aliphatic heterocycles. The standard InChI is InChI=1S/C30H30N6O3S2/c1-39-30-22(15-19-9-3-5-11-23(19)36-30)25-17-32-27(34-25)24(35-28(37)20-16-33-41-18-20)12-7-8-14-31-29(38)21-10-4-6-13-26(21)40-2/h3-6,9-11,13,15-18,24H,7-8,12,14H2,1-2H3,(H,31,38)(H,32,34)(H,35,37)/t24-/m0/s1. The lowest BCUT2D eigenvalue weighted by atomic mass is 10.1. The average Bonchev–Trinajstić information content (AvgIpc) is 3.73. The zero-order valence-electron chi connectivity index (χ0n) is 22.7. The van der Waals surface area contributed by atoms with Crippen LogP contribution in [0.5, 0.6) is 5.88 Å². The monoisotopic (exact) mass is 586 g/mol. The summed E-state index contributed by atoms with van der Waals surface area (Å²) in [6.45, 7) is 0.528. The number of thioether (sulfide) groups is 1. The molecular formula is C30H30N6O3S2. The van der Waals surface area contributed by atoms with Crippen LogP contribution in [-0.4, -0.2) is 51.1 Å². The number of aromatic nitrogens is 4. The normalized spacial score (nSPS) is 11.8. The molecule has 0 fully saturated rings. The Bertz CT molecular complexity index is 1640. The Hall–Kier alpha value is -4.22. The number of nitrogens with one attached hydrogen (secondary N) is 3. The molecule has 0 unspecified atom stereocenters. The highest BCUT2D eigenvalue weighted by atomic mass is 32.2. The highest BCUT2D eigenvalue weighted by Gasteiger charge is 2.21. The third kappa shape index (κ3) is 6.75. The Balaban J connectivity index is 1.29. The molecule has 1 atom stereocenters. The first-order valence-electron chi connectivity index (χ1n) is 13.2. The number of carbonyl (C=O) groups is 2. The number of amides is 2. The molecule has 0 aliphatic carbocycles. The molecule has 3 N–H and O–H groups in total. The molecular weight excluding hydrogens is 557 g/mol. The molecule has 3 aromatic heterocycles. The van der Waals surface area contributed by atoms with E-state index in [9.17, 15) is 9.59 Å². The van der Waals surface area contributed by atoms with E-state index in [2.05, 4.69) is 30.0 Å². The van der Waals surface area contributed by atoms with E-state index in [-0.39, 0.29) is 17.9 Å². The number of fused-ring (bicyclic) bond motifs is 1. The highest BCUT2D eigenvalue weighted by Crippen LogP contribution is 2.31. The van der Waals surface area contributed by atoms with E-state index in [0.717, 1.165) is 39.9 Å². The first-order chi connectivity index (χ1) is 20.1. The number of ether oxygens (including phenoxy) is 1. The molecule has 0 saturated carbocycles. The molecule has 41 heavy (non-hydrogen) atoms. The third-order valence-electron chi connectivity index (χ3n) is 6.65. The van der Waals surface area contributed by atoms with Crippen LogP contribution in [0.4, 0.5) is 0 Å². The maximum atomic E-state index is 12.9. The molecule has 210 valence electrons. The third-order valence-corrected chi connectivity index (χ3v) is 8.04. The summed E-state index contributed by atoms with van der Waals surface area (Å²) < 4.78 is 9.62. The summed E-state index contributed by atoms with van der Waals surface area (Å²) in [5.41, 5.74) is 3.55. The maximum absolute atomic E-state index is 12.9. The highest BCUT2D eigenvalue weighted by molar-refractivity contribution is 7.98. The van der Waals surface area contributed by atoms with Gasteiger partial charge in [-0.15, -0.1) is 11.8 Å². The van der Waals surface area contributed by atoms with Gasteiger partial charge in [0.2, 0.25) is 5.88 Å². The van der Waals surface area contributed by atoms with E-state index in [4.69, 9.17) is 4.74 Å². The molecule has 0 saturated heterocycles. The Morgan fingerprint density at radius 3 is 2.71 bits per heavy atom. The second kappa shape index (κ2) is 13.4. The van der Waals surface area contributed by atoms with Gasteiger partial charge < -0.3 is 20.4 Å². The van der Waals surface area contributed by atoms with Gasteiger partial charge in [-0.05, 0) is 61.3 Å². The van der Waals surface area contributed by atoms with Crippen LogP contribution in [0.3, 0.4) is 0 Å². The Labute approximate surface area is 246 Å². The number of pyridine rings is 1. The largest absolute Gasteiger partial charge is 0.480 e. The van der Waals surface area contributed by atoms with Crippen molar-refractivity contribution in [3.8, 4) is 17.1 Å². The summed E-state index contributed by atoms with van der Waals surface area (Å²) in [4.78, 5) is 39.2. The van der Waals surface area contributed by atoms with Crippen molar-refractivity contribution < 1.29 is 14.3 Å². The predicted molar refractivity (Wildman–Crippen MR) is 163 cm³/mol. The van der Waals surface area contributed by atoms with Gasteiger partial charge in [0.25, 0.3) is 11.8 Å². The summed E-state index contributed by atoms with van der Waals surface area (Å²) >= 11 is 2.78. The van der Waals surface area contributed by atoms with Crippen molar-refractivity contribution in [2.24, 2.45) is 0 Å². The number of H-pyrrole nitrogens is 1. The van der Waals surface area contributed by atoms with Crippen LogP contribution in [0.1, 0.15) is 51.8 Å². The van der Waals surface area contributed by atoms with Gasteiger partial charge in [-0.2, -0.15) is 0 Å². The molecule has 9 nitrogen and oxygen atoms in total. The van der Waals surface area contributed by atoms with Crippen LogP contribution in [0.2, 0.25) is 0 Å². The second-order valence-corrected chi connectivity index (χ2v) is 10.8. The molecule has 11 heteroatoms. The number of rotatable bonds is 12. The lowest BCUT2D eigenvalue weighted by molar-refractivity contribution is 0.0931. The number of methoxy groups -OCH3 is 1. The van der Waals surface area contributed by atoms with Crippen LogP contribution in [0.25, 0.3) is 22.2 Å². The van der Waals surface area contributed by atoms with Gasteiger partial charge in [0.15, 0.2) is 0 Å². The van der Waals surface area contributed by atoms with E-state index in [1.165, 1.54) is 11.5 Å². The van der Waals surface area contributed by atoms with Gasteiger partial charge in [-0.1, -0.05) is 30.3 Å². The van der Waals surface area contributed by atoms with Crippen molar-refractivity contribution in [3.05, 3.63) is 89.3 Å². The van der Waals surface area contributed by atoms with Crippen LogP contribution in [-0.2, 0) is 0 Å². The van der Waals surface area contributed by atoms with Crippen LogP contribution >= 0.6 is 23.3 Å². The molecule has 2 aromatic carbocycles. The summed E-state index contributed by atoms with van der Waals surface area (Å²) in [5, 5.41) is 8.81. The molecule has 0 spiro atoms. The smallest absolute Gasteiger partial charge is 0.254 e. The fourth-order valence-corrected chi connectivity index (χ4v) is 5.65. The number of aromatic amines is 1. The van der Waals surface area contributed by atoms with E-state index >= 15 is 0 Å². The molecule has 2 amide bonds. The minimum Gasteiger partial charge on any atom is -0.480 e. The molecule has 5 rings (SSSR count). The van der Waals surface area contributed by atoms with Crippen molar-refractivity contribution in [2.45, 2.75) is 30.2 Å². The van der Waals surface area contributed by atoms with E-state index < -0.39 is 0 Å². The van der Waals surface area contributed by atoms with Crippen molar-refractivity contribution in [2.75, 3.05) is 19.9 Å². The summed E-state index contributed by atoms with van der Waals surface area (Å²) in [6, 6.07) is 17.1. The number of imidazole rings is 1. The molecule has 0 radical (unpaired) electrons. The molecule has 5 aromatic rings. The van der Waals surface area contributed by atoms with Gasteiger partial charge in [-0.3, -0.25) is 9.59 Å². The van der Waals surface area contributed by atoms with Gasteiger partial charge in [-0.25, -0.2) is 14.3 Å². The Morgan fingerprint density at radius 1 is 1.07 bits per heavy atom. The van der Waals surface area contributed by atoms with E-state index in [1.807, 2.05) is 60.9 Å². The van der Waals surface area contributed by atoms with Crippen LogP contribution in [0.15, 0.2) is 77.3 Å². The van der Waals surface area contributed by atoms with Crippen molar-refractivity contribution in [1.29, 1.82) is 0 Å². The first kappa shape index (κ1) is 28.3. The minimum absolute atomic E-state index is 0.0848. The van der Waals surface area contributed by atoms with Gasteiger partial charge in [0.1, 0.15) is 5.82 Å².